The molecule has 2 aromatic carbocycles. The second-order valence-electron chi connectivity index (χ2n) is 8.95. The molecular weight excluding hydrogens is 462 g/mol. The molecule has 0 bridgehead atoms. The summed E-state index contributed by atoms with van der Waals surface area (Å²) < 4.78 is 7.94. The summed E-state index contributed by atoms with van der Waals surface area (Å²) in [7, 11) is 3.57. The number of methoxy groups -OCH3 is 1. The van der Waals surface area contributed by atoms with E-state index in [2.05, 4.69) is 40.8 Å². The molecule has 0 aliphatic rings. The van der Waals surface area contributed by atoms with Crippen molar-refractivity contribution >= 4 is 16.7 Å². The van der Waals surface area contributed by atoms with E-state index in [0.29, 0.717) is 16.8 Å². The highest BCUT2D eigenvalue weighted by molar-refractivity contribution is 5.98. The van der Waals surface area contributed by atoms with E-state index in [9.17, 15) is 5.11 Å². The van der Waals surface area contributed by atoms with E-state index in [1.54, 1.807) is 32.0 Å². The molecule has 1 N–H and O–H groups in total. The summed E-state index contributed by atoms with van der Waals surface area (Å²) in [6.45, 7) is 5.89. The van der Waals surface area contributed by atoms with Crippen LogP contribution in [0.25, 0.3) is 22.0 Å². The molecule has 3 heterocycles. The molecule has 0 spiro atoms. The summed E-state index contributed by atoms with van der Waals surface area (Å²) in [5, 5.41) is 13.2. The zero-order valence-corrected chi connectivity index (χ0v) is 21.6. The van der Waals surface area contributed by atoms with Crippen molar-refractivity contribution in [3.05, 3.63) is 102 Å². The summed E-state index contributed by atoms with van der Waals surface area (Å²) in [6.07, 6.45) is 6.75. The van der Waals surface area contributed by atoms with Crippen molar-refractivity contribution in [1.82, 2.24) is 19.5 Å². The lowest BCUT2D eigenvalue weighted by Gasteiger charge is -2.30. The maximum absolute atomic E-state index is 12.4. The molecule has 3 aromatic heterocycles. The smallest absolute Gasteiger partial charge is 0.157 e. The van der Waals surface area contributed by atoms with Crippen molar-refractivity contribution in [2.75, 3.05) is 25.1 Å². The minimum Gasteiger partial charge on any atom is -0.495 e. The number of ether oxygens (including phenoxy) is 1. The lowest BCUT2D eigenvalue weighted by atomic mass is 9.83. The molecule has 0 amide bonds. The van der Waals surface area contributed by atoms with Crippen LogP contribution in [0.15, 0.2) is 85.6 Å². The molecule has 0 aliphatic heterocycles. The molecule has 1 atom stereocenters. The topological polar surface area (TPSA) is 76.3 Å². The van der Waals surface area contributed by atoms with Gasteiger partial charge in [-0.1, -0.05) is 36.4 Å². The predicted octanol–water partition coefficient (Wildman–Crippen LogP) is 5.17. The zero-order chi connectivity index (χ0) is 26.0. The number of hydrogen-bond donors (Lipinski definition) is 1. The second-order valence-corrected chi connectivity index (χ2v) is 8.95. The number of benzene rings is 2. The van der Waals surface area contributed by atoms with Gasteiger partial charge in [-0.25, -0.2) is 9.97 Å². The Morgan fingerprint density at radius 2 is 1.68 bits per heavy atom. The normalized spacial score (nSPS) is 12.9. The van der Waals surface area contributed by atoms with E-state index in [4.69, 9.17) is 9.72 Å². The monoisotopic (exact) mass is 493 g/mol. The Bertz CT molecular complexity index is 1510. The molecule has 0 fully saturated rings. The van der Waals surface area contributed by atoms with Crippen LogP contribution in [0.2, 0.25) is 0 Å². The molecule has 7 nitrogen and oxygen atoms in total. The van der Waals surface area contributed by atoms with Crippen LogP contribution in [0.3, 0.4) is 0 Å². The van der Waals surface area contributed by atoms with E-state index in [-0.39, 0.29) is 0 Å². The Morgan fingerprint density at radius 1 is 0.946 bits per heavy atom. The number of aryl methyl sites for hydroxylation is 1. The Balaban J connectivity index is 1.83. The largest absolute Gasteiger partial charge is 0.495 e. The van der Waals surface area contributed by atoms with Gasteiger partial charge in [0.15, 0.2) is 5.60 Å². The van der Waals surface area contributed by atoms with Gasteiger partial charge in [0.2, 0.25) is 0 Å². The van der Waals surface area contributed by atoms with Crippen LogP contribution in [-0.4, -0.2) is 44.8 Å². The quantitative estimate of drug-likeness (QED) is 0.321. The van der Waals surface area contributed by atoms with Crippen molar-refractivity contribution in [3.8, 4) is 16.9 Å². The van der Waals surface area contributed by atoms with Gasteiger partial charge in [0.1, 0.15) is 11.6 Å². The first-order chi connectivity index (χ1) is 18.0. The number of fused-ring (bicyclic) bond motifs is 1. The number of pyridine rings is 2. The molecule has 5 rings (SSSR count). The summed E-state index contributed by atoms with van der Waals surface area (Å²) in [6, 6.07) is 19.7. The van der Waals surface area contributed by atoms with Crippen LogP contribution >= 0.6 is 0 Å². The molecule has 5 aromatic rings. The lowest BCUT2D eigenvalue weighted by molar-refractivity contribution is 0.117. The van der Waals surface area contributed by atoms with Gasteiger partial charge in [0, 0.05) is 37.9 Å². The number of rotatable bonds is 8. The highest BCUT2D eigenvalue weighted by Gasteiger charge is 2.37. The summed E-state index contributed by atoms with van der Waals surface area (Å²) in [4.78, 5) is 15.8. The fourth-order valence-corrected chi connectivity index (χ4v) is 5.04. The maximum atomic E-state index is 12.4. The van der Waals surface area contributed by atoms with Crippen molar-refractivity contribution in [2.45, 2.75) is 19.4 Å². The van der Waals surface area contributed by atoms with Crippen LogP contribution in [-0.2, 0) is 12.6 Å². The van der Waals surface area contributed by atoms with Gasteiger partial charge in [0.25, 0.3) is 0 Å². The SMILES string of the molecule is CCN(CC)c1nc2ccc(C(O)(c3ccncc3)c3cncn3C)cc2c(OC)c1-c1ccccc1. The molecule has 188 valence electrons. The van der Waals surface area contributed by atoms with Gasteiger partial charge in [-0.05, 0) is 54.8 Å². The first kappa shape index (κ1) is 24.5. The number of hydrogen-bond acceptors (Lipinski definition) is 6. The highest BCUT2D eigenvalue weighted by atomic mass is 16.5. The summed E-state index contributed by atoms with van der Waals surface area (Å²) >= 11 is 0. The third kappa shape index (κ3) is 4.11. The average molecular weight is 494 g/mol. The minimum absolute atomic E-state index is 0.646. The van der Waals surface area contributed by atoms with E-state index in [1.165, 1.54) is 0 Å². The first-order valence-corrected chi connectivity index (χ1v) is 12.4. The maximum Gasteiger partial charge on any atom is 0.157 e. The van der Waals surface area contributed by atoms with Crippen molar-refractivity contribution < 1.29 is 9.84 Å². The van der Waals surface area contributed by atoms with Crippen molar-refractivity contribution in [2.24, 2.45) is 7.05 Å². The fourth-order valence-electron chi connectivity index (χ4n) is 5.04. The molecule has 1 unspecified atom stereocenters. The van der Waals surface area contributed by atoms with Crippen LogP contribution in [0.4, 0.5) is 5.82 Å². The standard InChI is InChI=1S/C30H31N5O2/c1-5-35(6-2)29-27(21-10-8-7-9-11-21)28(37-4)24-18-23(12-13-25(24)33-29)30(36,22-14-16-31-17-15-22)26-19-32-20-34(26)3/h7-20,36H,5-6H2,1-4H3. The molecule has 0 radical (unpaired) electrons. The van der Waals surface area contributed by atoms with E-state index in [1.807, 2.05) is 60.1 Å². The van der Waals surface area contributed by atoms with E-state index >= 15 is 0 Å². The van der Waals surface area contributed by atoms with Gasteiger partial charge in [-0.15, -0.1) is 0 Å². The van der Waals surface area contributed by atoms with Crippen LogP contribution in [0.1, 0.15) is 30.7 Å². The van der Waals surface area contributed by atoms with Gasteiger partial charge in [0.05, 0.1) is 36.4 Å². The number of aliphatic hydroxyl groups is 1. The third-order valence-corrected chi connectivity index (χ3v) is 6.95. The fraction of sp³-hybridized carbons (Fsp3) is 0.233. The summed E-state index contributed by atoms with van der Waals surface area (Å²) in [5.74, 6) is 1.60. The van der Waals surface area contributed by atoms with Gasteiger partial charge in [-0.3, -0.25) is 4.98 Å². The molecular formula is C30H31N5O2. The Labute approximate surface area is 217 Å². The number of aromatic nitrogens is 4. The predicted molar refractivity (Wildman–Crippen MR) is 147 cm³/mol. The van der Waals surface area contributed by atoms with E-state index in [0.717, 1.165) is 46.7 Å². The molecule has 0 saturated carbocycles. The van der Waals surface area contributed by atoms with Gasteiger partial charge >= 0.3 is 0 Å². The second kappa shape index (κ2) is 10.0. The Hall–Kier alpha value is -4.23. The Kier molecular flexibility index (Phi) is 6.63. The zero-order valence-electron chi connectivity index (χ0n) is 21.6. The third-order valence-electron chi connectivity index (χ3n) is 6.95. The van der Waals surface area contributed by atoms with Crippen molar-refractivity contribution in [1.29, 1.82) is 0 Å². The number of nitrogens with zero attached hydrogens (tertiary/aromatic N) is 5. The van der Waals surface area contributed by atoms with Crippen LogP contribution in [0.5, 0.6) is 5.75 Å². The Morgan fingerprint density at radius 3 is 2.30 bits per heavy atom. The van der Waals surface area contributed by atoms with Gasteiger partial charge < -0.3 is 19.3 Å². The molecule has 0 aliphatic carbocycles. The molecule has 0 saturated heterocycles. The van der Waals surface area contributed by atoms with Gasteiger partial charge in [-0.2, -0.15) is 0 Å². The van der Waals surface area contributed by atoms with Crippen LogP contribution < -0.4 is 9.64 Å². The van der Waals surface area contributed by atoms with Crippen LogP contribution in [0, 0.1) is 0 Å². The average Bonchev–Trinajstić information content (AvgIpc) is 3.39. The number of anilines is 1. The number of imidazole rings is 1. The van der Waals surface area contributed by atoms with Crippen molar-refractivity contribution in [3.63, 3.8) is 0 Å². The highest BCUT2D eigenvalue weighted by Crippen LogP contribution is 2.44. The molecule has 7 heteroatoms. The summed E-state index contributed by atoms with van der Waals surface area (Å²) in [5.41, 5.74) is 3.32. The first-order valence-electron chi connectivity index (χ1n) is 12.4. The minimum atomic E-state index is -1.46. The lowest BCUT2D eigenvalue weighted by Crippen LogP contribution is -2.31. The van der Waals surface area contributed by atoms with E-state index < -0.39 is 5.60 Å². The molecule has 37 heavy (non-hydrogen) atoms.